The van der Waals surface area contributed by atoms with Crippen molar-refractivity contribution < 1.29 is 0 Å². The second kappa shape index (κ2) is 7.78. The molecule has 0 saturated carbocycles. The zero-order valence-corrected chi connectivity index (χ0v) is 12.5. The second-order valence-electron chi connectivity index (χ2n) is 5.44. The molecule has 0 bridgehead atoms. The summed E-state index contributed by atoms with van der Waals surface area (Å²) in [6.07, 6.45) is 10.3. The van der Waals surface area contributed by atoms with Crippen molar-refractivity contribution in [2.75, 3.05) is 0 Å². The summed E-state index contributed by atoms with van der Waals surface area (Å²) in [6, 6.07) is 10.3. The number of rotatable bonds is 7. The Morgan fingerprint density at radius 2 is 1.80 bits per heavy atom. The third-order valence-corrected chi connectivity index (χ3v) is 3.77. The number of nitrogens with zero attached hydrogens (tertiary/aromatic N) is 2. The smallest absolute Gasteiger partial charge is 0.0888 e. The van der Waals surface area contributed by atoms with E-state index in [-0.39, 0.29) is 0 Å². The first-order chi connectivity index (χ1) is 9.81. The Hall–Kier alpha value is -1.70. The van der Waals surface area contributed by atoms with Gasteiger partial charge in [0.25, 0.3) is 0 Å². The normalized spacial score (nSPS) is 12.3. The number of hydrogen-bond donors (Lipinski definition) is 0. The molecule has 20 heavy (non-hydrogen) atoms. The van der Waals surface area contributed by atoms with Crippen molar-refractivity contribution in [1.29, 1.82) is 0 Å². The van der Waals surface area contributed by atoms with Crippen LogP contribution in [0.4, 0.5) is 0 Å². The number of hydrogen-bond acceptors (Lipinski definition) is 2. The molecular formula is C18H24N2. The minimum absolute atomic E-state index is 0.595. The predicted octanol–water partition coefficient (Wildman–Crippen LogP) is 5.22. The van der Waals surface area contributed by atoms with E-state index in [4.69, 9.17) is 0 Å². The van der Waals surface area contributed by atoms with Gasteiger partial charge in [-0.05, 0) is 42.2 Å². The van der Waals surface area contributed by atoms with Crippen LogP contribution in [-0.2, 0) is 0 Å². The first kappa shape index (κ1) is 14.7. The van der Waals surface area contributed by atoms with Crippen molar-refractivity contribution >= 4 is 0 Å². The van der Waals surface area contributed by atoms with Crippen molar-refractivity contribution in [3.05, 3.63) is 48.3 Å². The molecule has 2 aromatic heterocycles. The number of aromatic nitrogens is 2. The molecule has 2 heteroatoms. The van der Waals surface area contributed by atoms with Crippen LogP contribution in [0, 0.1) is 0 Å². The molecule has 106 valence electrons. The van der Waals surface area contributed by atoms with Gasteiger partial charge in [0.1, 0.15) is 0 Å². The molecule has 0 N–H and O–H groups in total. The summed E-state index contributed by atoms with van der Waals surface area (Å²) in [4.78, 5) is 8.81. The molecule has 0 aliphatic carbocycles. The van der Waals surface area contributed by atoms with E-state index in [0.29, 0.717) is 5.92 Å². The van der Waals surface area contributed by atoms with Crippen LogP contribution >= 0.6 is 0 Å². The van der Waals surface area contributed by atoms with E-state index in [2.05, 4.69) is 35.9 Å². The lowest BCUT2D eigenvalue weighted by Crippen LogP contribution is -1.96. The fourth-order valence-electron chi connectivity index (χ4n) is 2.45. The van der Waals surface area contributed by atoms with E-state index in [9.17, 15) is 0 Å². The van der Waals surface area contributed by atoms with E-state index < -0.39 is 0 Å². The van der Waals surface area contributed by atoms with E-state index in [1.165, 1.54) is 37.7 Å². The van der Waals surface area contributed by atoms with E-state index in [1.54, 1.807) is 0 Å². The zero-order valence-electron chi connectivity index (χ0n) is 12.5. The Kier molecular flexibility index (Phi) is 5.72. The highest BCUT2D eigenvalue weighted by Crippen LogP contribution is 2.24. The molecule has 2 heterocycles. The average Bonchev–Trinajstić information content (AvgIpc) is 2.52. The van der Waals surface area contributed by atoms with Gasteiger partial charge in [-0.3, -0.25) is 9.97 Å². The molecule has 1 atom stereocenters. The van der Waals surface area contributed by atoms with E-state index >= 15 is 0 Å². The maximum Gasteiger partial charge on any atom is 0.0888 e. The molecule has 2 aromatic rings. The summed E-state index contributed by atoms with van der Waals surface area (Å²) in [5.41, 5.74) is 3.30. The van der Waals surface area contributed by atoms with Gasteiger partial charge in [0, 0.05) is 12.4 Å². The topological polar surface area (TPSA) is 25.8 Å². The lowest BCUT2D eigenvalue weighted by atomic mass is 9.95. The van der Waals surface area contributed by atoms with Gasteiger partial charge in [0.05, 0.1) is 11.4 Å². The van der Waals surface area contributed by atoms with E-state index in [0.717, 1.165) is 11.4 Å². The summed E-state index contributed by atoms with van der Waals surface area (Å²) >= 11 is 0. The Balaban J connectivity index is 2.02. The van der Waals surface area contributed by atoms with Crippen molar-refractivity contribution in [3.63, 3.8) is 0 Å². The molecular weight excluding hydrogens is 244 g/mol. The molecule has 0 aromatic carbocycles. The van der Waals surface area contributed by atoms with Crippen LogP contribution in [0.5, 0.6) is 0 Å². The number of unbranched alkanes of at least 4 members (excludes halogenated alkanes) is 3. The van der Waals surface area contributed by atoms with Gasteiger partial charge in [0.2, 0.25) is 0 Å². The molecule has 2 nitrogen and oxygen atoms in total. The molecule has 0 aliphatic rings. The van der Waals surface area contributed by atoms with Crippen molar-refractivity contribution in [2.24, 2.45) is 0 Å². The van der Waals surface area contributed by atoms with Gasteiger partial charge in [-0.15, -0.1) is 0 Å². The van der Waals surface area contributed by atoms with Crippen LogP contribution in [0.25, 0.3) is 11.4 Å². The summed E-state index contributed by atoms with van der Waals surface area (Å²) in [6.45, 7) is 4.56. The third-order valence-electron chi connectivity index (χ3n) is 3.77. The van der Waals surface area contributed by atoms with Crippen molar-refractivity contribution in [1.82, 2.24) is 9.97 Å². The van der Waals surface area contributed by atoms with Gasteiger partial charge < -0.3 is 0 Å². The summed E-state index contributed by atoms with van der Waals surface area (Å²) in [5, 5.41) is 0. The minimum atomic E-state index is 0.595. The van der Waals surface area contributed by atoms with Gasteiger partial charge in [-0.2, -0.15) is 0 Å². The van der Waals surface area contributed by atoms with Crippen LogP contribution in [0.3, 0.4) is 0 Å². The molecule has 1 unspecified atom stereocenters. The van der Waals surface area contributed by atoms with Crippen LogP contribution in [0.1, 0.15) is 57.4 Å². The van der Waals surface area contributed by atoms with Crippen LogP contribution in [0.15, 0.2) is 42.7 Å². The fourth-order valence-corrected chi connectivity index (χ4v) is 2.45. The Bertz CT molecular complexity index is 508. The lowest BCUT2D eigenvalue weighted by molar-refractivity contribution is 0.580. The summed E-state index contributed by atoms with van der Waals surface area (Å²) in [7, 11) is 0. The average molecular weight is 268 g/mol. The molecule has 0 saturated heterocycles. The highest BCUT2D eigenvalue weighted by molar-refractivity contribution is 5.54. The maximum absolute atomic E-state index is 4.44. The molecule has 0 amide bonds. The Morgan fingerprint density at radius 1 is 0.950 bits per heavy atom. The standard InChI is InChI=1S/C18H24N2/c1-3-4-5-6-9-15(2)16-11-13-20-18(14-16)17-10-7-8-12-19-17/h7-8,10-15H,3-6,9H2,1-2H3. The summed E-state index contributed by atoms with van der Waals surface area (Å²) < 4.78 is 0. The first-order valence-corrected chi connectivity index (χ1v) is 7.68. The van der Waals surface area contributed by atoms with Crippen LogP contribution in [0.2, 0.25) is 0 Å². The largest absolute Gasteiger partial charge is 0.255 e. The lowest BCUT2D eigenvalue weighted by Gasteiger charge is -2.12. The molecule has 2 rings (SSSR count). The first-order valence-electron chi connectivity index (χ1n) is 7.68. The molecule has 0 aliphatic heterocycles. The fraction of sp³-hybridized carbons (Fsp3) is 0.444. The quantitative estimate of drug-likeness (QED) is 0.643. The Labute approximate surface area is 122 Å². The van der Waals surface area contributed by atoms with Gasteiger partial charge in [0.15, 0.2) is 0 Å². The maximum atomic E-state index is 4.44. The predicted molar refractivity (Wildman–Crippen MR) is 84.6 cm³/mol. The second-order valence-corrected chi connectivity index (χ2v) is 5.44. The highest BCUT2D eigenvalue weighted by atomic mass is 14.8. The van der Waals surface area contributed by atoms with Crippen LogP contribution in [-0.4, -0.2) is 9.97 Å². The van der Waals surface area contributed by atoms with Crippen LogP contribution < -0.4 is 0 Å². The summed E-state index contributed by atoms with van der Waals surface area (Å²) in [5.74, 6) is 0.595. The van der Waals surface area contributed by atoms with Crippen molar-refractivity contribution in [3.8, 4) is 11.4 Å². The molecule has 0 spiro atoms. The van der Waals surface area contributed by atoms with Gasteiger partial charge in [-0.1, -0.05) is 45.6 Å². The molecule has 0 radical (unpaired) electrons. The SMILES string of the molecule is CCCCCCC(C)c1ccnc(-c2ccccn2)c1. The monoisotopic (exact) mass is 268 g/mol. The van der Waals surface area contributed by atoms with Gasteiger partial charge >= 0.3 is 0 Å². The van der Waals surface area contributed by atoms with E-state index in [1.807, 2.05) is 30.6 Å². The zero-order chi connectivity index (χ0) is 14.2. The van der Waals surface area contributed by atoms with Gasteiger partial charge in [-0.25, -0.2) is 0 Å². The number of pyridine rings is 2. The minimum Gasteiger partial charge on any atom is -0.255 e. The van der Waals surface area contributed by atoms with Crippen molar-refractivity contribution in [2.45, 2.75) is 51.9 Å². The Morgan fingerprint density at radius 3 is 2.55 bits per heavy atom. The molecule has 0 fully saturated rings. The third kappa shape index (κ3) is 4.16. The highest BCUT2D eigenvalue weighted by Gasteiger charge is 2.08.